The number of benzene rings is 2. The molecule has 27 heavy (non-hydrogen) atoms. The molecule has 0 radical (unpaired) electrons. The van der Waals surface area contributed by atoms with Gasteiger partial charge in [0.15, 0.2) is 0 Å². The molecule has 0 aliphatic carbocycles. The smallest absolute Gasteiger partial charge is 0.0636 e. The Balaban J connectivity index is 0.000000527. The summed E-state index contributed by atoms with van der Waals surface area (Å²) in [6.07, 6.45) is 2.39. The highest BCUT2D eigenvalue weighted by Gasteiger charge is 2.08. The van der Waals surface area contributed by atoms with Gasteiger partial charge in [-0.1, -0.05) is 85.0 Å². The number of hydrogen-bond acceptors (Lipinski definition) is 2. The number of alkyl halides is 1. The molecule has 0 bridgehead atoms. The van der Waals surface area contributed by atoms with Gasteiger partial charge in [0.1, 0.15) is 0 Å². The molecule has 0 aliphatic rings. The first-order chi connectivity index (χ1) is 12.8. The molecule has 5 heteroatoms. The summed E-state index contributed by atoms with van der Waals surface area (Å²) in [6, 6.07) is 13.7. The second-order valence-corrected chi connectivity index (χ2v) is 8.89. The molecule has 0 spiro atoms. The third kappa shape index (κ3) is 10.3. The first kappa shape index (κ1) is 24.1. The Morgan fingerprint density at radius 1 is 0.852 bits per heavy atom. The highest BCUT2D eigenvalue weighted by Crippen LogP contribution is 2.34. The van der Waals surface area contributed by atoms with Gasteiger partial charge in [-0.3, -0.25) is 0 Å². The maximum atomic E-state index is 6.14. The Morgan fingerprint density at radius 3 is 1.89 bits per heavy atom. The Kier molecular flexibility index (Phi) is 11.9. The van der Waals surface area contributed by atoms with Crippen LogP contribution in [0.3, 0.4) is 0 Å². The van der Waals surface area contributed by atoms with Crippen LogP contribution < -0.4 is 10.6 Å². The lowest BCUT2D eigenvalue weighted by Gasteiger charge is -2.16. The van der Waals surface area contributed by atoms with Crippen LogP contribution in [0, 0.1) is 11.8 Å². The molecule has 0 unspecified atom stereocenters. The highest BCUT2D eigenvalue weighted by molar-refractivity contribution is 9.09. The van der Waals surface area contributed by atoms with E-state index in [9.17, 15) is 0 Å². The summed E-state index contributed by atoms with van der Waals surface area (Å²) in [6.45, 7) is 9.76. The van der Waals surface area contributed by atoms with Crippen LogP contribution in [0.4, 0.5) is 17.1 Å². The van der Waals surface area contributed by atoms with E-state index in [1.807, 2.05) is 42.5 Å². The zero-order valence-corrected chi connectivity index (χ0v) is 19.8. The molecule has 0 atom stereocenters. The molecular formula is C22H31BrCl2N2. The summed E-state index contributed by atoms with van der Waals surface area (Å²) < 4.78 is 0. The molecule has 150 valence electrons. The molecule has 0 amide bonds. The summed E-state index contributed by atoms with van der Waals surface area (Å²) in [4.78, 5) is 0. The van der Waals surface area contributed by atoms with Gasteiger partial charge < -0.3 is 10.6 Å². The molecular weight excluding hydrogens is 443 g/mol. The second kappa shape index (κ2) is 13.3. The lowest BCUT2D eigenvalue weighted by Crippen LogP contribution is -2.07. The monoisotopic (exact) mass is 472 g/mol. The summed E-state index contributed by atoms with van der Waals surface area (Å²) in [5, 5.41) is 9.05. The van der Waals surface area contributed by atoms with E-state index in [2.05, 4.69) is 54.3 Å². The van der Waals surface area contributed by atoms with Crippen LogP contribution in [-0.2, 0) is 0 Å². The van der Waals surface area contributed by atoms with Crippen molar-refractivity contribution in [3.8, 4) is 0 Å². The van der Waals surface area contributed by atoms with Crippen molar-refractivity contribution in [2.24, 2.45) is 11.8 Å². The number of hydrogen-bond donors (Lipinski definition) is 2. The van der Waals surface area contributed by atoms with Crippen LogP contribution >= 0.6 is 39.1 Å². The van der Waals surface area contributed by atoms with E-state index in [4.69, 9.17) is 23.2 Å². The van der Waals surface area contributed by atoms with Crippen molar-refractivity contribution in [2.45, 2.75) is 40.5 Å². The molecule has 2 aromatic rings. The molecule has 0 aromatic heterocycles. The Morgan fingerprint density at radius 2 is 1.41 bits per heavy atom. The fraction of sp³-hybridized carbons (Fsp3) is 0.455. The third-order valence-corrected chi connectivity index (χ3v) is 5.02. The first-order valence-electron chi connectivity index (χ1n) is 9.44. The molecule has 0 saturated carbocycles. The SMILES string of the molecule is CC(C)CCBr.CC(C)CCNc1cc(Cl)c(Cl)cc1Nc1ccccc1. The van der Waals surface area contributed by atoms with Gasteiger partial charge in [-0.2, -0.15) is 0 Å². The summed E-state index contributed by atoms with van der Waals surface area (Å²) in [7, 11) is 0. The van der Waals surface area contributed by atoms with Gasteiger partial charge in [0.05, 0.1) is 21.4 Å². The van der Waals surface area contributed by atoms with Crippen LogP contribution in [-0.4, -0.2) is 11.9 Å². The summed E-state index contributed by atoms with van der Waals surface area (Å²) in [5.74, 6) is 1.51. The van der Waals surface area contributed by atoms with Crippen molar-refractivity contribution in [1.29, 1.82) is 0 Å². The fourth-order valence-electron chi connectivity index (χ4n) is 2.19. The number of halogens is 3. The zero-order chi connectivity index (χ0) is 20.2. The lowest BCUT2D eigenvalue weighted by atomic mass is 10.1. The molecule has 2 rings (SSSR count). The van der Waals surface area contributed by atoms with E-state index < -0.39 is 0 Å². The molecule has 0 fully saturated rings. The molecule has 0 heterocycles. The fourth-order valence-corrected chi connectivity index (χ4v) is 3.43. The maximum absolute atomic E-state index is 6.14. The Hall–Kier alpha value is -0.900. The Bertz CT molecular complexity index is 661. The van der Waals surface area contributed by atoms with Crippen molar-refractivity contribution in [1.82, 2.24) is 0 Å². The minimum atomic E-state index is 0.546. The predicted molar refractivity (Wildman–Crippen MR) is 127 cm³/mol. The normalized spacial score (nSPS) is 10.6. The van der Waals surface area contributed by atoms with E-state index in [1.165, 1.54) is 6.42 Å². The van der Waals surface area contributed by atoms with E-state index in [1.54, 1.807) is 0 Å². The predicted octanol–water partition coefficient (Wildman–Crippen LogP) is 8.62. The third-order valence-electron chi connectivity index (χ3n) is 3.84. The standard InChI is InChI=1S/C17H20Cl2N2.C5H11Br/c1-12(2)8-9-20-16-10-14(18)15(19)11-17(16)21-13-6-4-3-5-7-13;1-5(2)3-4-6/h3-7,10-12,20-21H,8-9H2,1-2H3;5H,3-4H2,1-2H3. The summed E-state index contributed by atoms with van der Waals surface area (Å²) >= 11 is 15.6. The van der Waals surface area contributed by atoms with Crippen molar-refractivity contribution < 1.29 is 0 Å². The van der Waals surface area contributed by atoms with Crippen LogP contribution in [0.5, 0.6) is 0 Å². The van der Waals surface area contributed by atoms with Crippen molar-refractivity contribution in [3.63, 3.8) is 0 Å². The van der Waals surface area contributed by atoms with Crippen LogP contribution in [0.25, 0.3) is 0 Å². The molecule has 0 aliphatic heterocycles. The van der Waals surface area contributed by atoms with E-state index in [0.29, 0.717) is 16.0 Å². The number of nitrogens with one attached hydrogen (secondary N) is 2. The zero-order valence-electron chi connectivity index (χ0n) is 16.7. The largest absolute Gasteiger partial charge is 0.383 e. The number of para-hydroxylation sites is 1. The van der Waals surface area contributed by atoms with Gasteiger partial charge in [0.25, 0.3) is 0 Å². The van der Waals surface area contributed by atoms with Crippen molar-refractivity contribution in [3.05, 3.63) is 52.5 Å². The average Bonchev–Trinajstić information content (AvgIpc) is 2.60. The maximum Gasteiger partial charge on any atom is 0.0636 e. The van der Waals surface area contributed by atoms with Crippen LogP contribution in [0.15, 0.2) is 42.5 Å². The topological polar surface area (TPSA) is 24.1 Å². The Labute approximate surface area is 183 Å². The molecule has 2 N–H and O–H groups in total. The lowest BCUT2D eigenvalue weighted by molar-refractivity contribution is 0.607. The van der Waals surface area contributed by atoms with Crippen LogP contribution in [0.1, 0.15) is 40.5 Å². The highest BCUT2D eigenvalue weighted by atomic mass is 79.9. The van der Waals surface area contributed by atoms with E-state index in [0.717, 1.165) is 41.3 Å². The van der Waals surface area contributed by atoms with Crippen LogP contribution in [0.2, 0.25) is 10.0 Å². The minimum absolute atomic E-state index is 0.546. The van der Waals surface area contributed by atoms with Gasteiger partial charge in [-0.15, -0.1) is 0 Å². The van der Waals surface area contributed by atoms with Crippen molar-refractivity contribution >= 4 is 56.2 Å². The van der Waals surface area contributed by atoms with Gasteiger partial charge in [-0.25, -0.2) is 0 Å². The van der Waals surface area contributed by atoms with Gasteiger partial charge in [0.2, 0.25) is 0 Å². The average molecular weight is 474 g/mol. The molecule has 2 aromatic carbocycles. The minimum Gasteiger partial charge on any atom is -0.383 e. The second-order valence-electron chi connectivity index (χ2n) is 7.28. The van der Waals surface area contributed by atoms with E-state index >= 15 is 0 Å². The summed E-state index contributed by atoms with van der Waals surface area (Å²) in [5.41, 5.74) is 2.91. The first-order valence-corrected chi connectivity index (χ1v) is 11.3. The van der Waals surface area contributed by atoms with Gasteiger partial charge in [-0.05, 0) is 48.9 Å². The molecule has 0 saturated heterocycles. The number of rotatable bonds is 8. The van der Waals surface area contributed by atoms with Gasteiger partial charge in [0, 0.05) is 17.6 Å². The van der Waals surface area contributed by atoms with Gasteiger partial charge >= 0.3 is 0 Å². The van der Waals surface area contributed by atoms with Crippen molar-refractivity contribution in [2.75, 3.05) is 22.5 Å². The quantitative estimate of drug-likeness (QED) is 0.374. The number of anilines is 3. The molecule has 2 nitrogen and oxygen atoms in total. The van der Waals surface area contributed by atoms with E-state index in [-0.39, 0.29) is 0 Å².